The van der Waals surface area contributed by atoms with Gasteiger partial charge in [-0.3, -0.25) is 4.79 Å². The molecule has 2 fully saturated rings. The summed E-state index contributed by atoms with van der Waals surface area (Å²) in [6.07, 6.45) is 5.07. The number of carbonyl (C=O) groups is 1. The number of rotatable bonds is 7. The second-order valence-electron chi connectivity index (χ2n) is 7.07. The molecule has 4 nitrogen and oxygen atoms in total. The van der Waals surface area contributed by atoms with Crippen molar-refractivity contribution in [3.8, 4) is 11.5 Å². The van der Waals surface area contributed by atoms with Crippen LogP contribution < -0.4 is 14.8 Å². The molecule has 3 rings (SSSR count). The van der Waals surface area contributed by atoms with Gasteiger partial charge < -0.3 is 14.8 Å². The van der Waals surface area contributed by atoms with E-state index >= 15 is 0 Å². The van der Waals surface area contributed by atoms with Crippen molar-refractivity contribution in [2.45, 2.75) is 52.2 Å². The van der Waals surface area contributed by atoms with Crippen molar-refractivity contribution in [2.75, 3.05) is 6.61 Å². The number of fused-ring (bicyclic) bond motifs is 2. The summed E-state index contributed by atoms with van der Waals surface area (Å²) in [4.78, 5) is 12.6. The fraction of sp³-hybridized carbons (Fsp3) is 0.632. The zero-order valence-electron chi connectivity index (χ0n) is 14.6. The maximum atomic E-state index is 12.6. The molecule has 1 N–H and O–H groups in total. The van der Waals surface area contributed by atoms with Crippen LogP contribution in [0.25, 0.3) is 0 Å². The van der Waals surface area contributed by atoms with Gasteiger partial charge in [0.25, 0.3) is 5.91 Å². The molecule has 0 aromatic heterocycles. The Morgan fingerprint density at radius 3 is 2.68 bits per heavy atom. The molecule has 25 heavy (non-hydrogen) atoms. The van der Waals surface area contributed by atoms with Gasteiger partial charge in [-0.15, -0.1) is 0 Å². The van der Waals surface area contributed by atoms with Gasteiger partial charge in [0, 0.05) is 11.6 Å². The molecule has 2 aliphatic rings. The average molecular weight is 353 g/mol. The van der Waals surface area contributed by atoms with Crippen LogP contribution in [0.5, 0.6) is 11.5 Å². The second-order valence-corrected chi connectivity index (χ2v) is 7.07. The molecule has 1 amide bonds. The minimum absolute atomic E-state index is 0.0606. The lowest BCUT2D eigenvalue weighted by Gasteiger charge is -2.28. The average Bonchev–Trinajstić information content (AvgIpc) is 3.19. The van der Waals surface area contributed by atoms with Crippen molar-refractivity contribution in [1.82, 2.24) is 5.32 Å². The van der Waals surface area contributed by atoms with Gasteiger partial charge in [-0.2, -0.15) is 8.78 Å². The number of nitrogens with one attached hydrogen (secondary N) is 1. The van der Waals surface area contributed by atoms with E-state index < -0.39 is 6.61 Å². The summed E-state index contributed by atoms with van der Waals surface area (Å²) < 4.78 is 34.7. The summed E-state index contributed by atoms with van der Waals surface area (Å²) in [5.74, 6) is 1.97. The monoisotopic (exact) mass is 353 g/mol. The Hall–Kier alpha value is -1.85. The summed E-state index contributed by atoms with van der Waals surface area (Å²) >= 11 is 0. The maximum Gasteiger partial charge on any atom is 0.387 e. The Morgan fingerprint density at radius 2 is 2.08 bits per heavy atom. The molecule has 2 bridgehead atoms. The number of benzene rings is 1. The van der Waals surface area contributed by atoms with Crippen LogP contribution in [-0.4, -0.2) is 25.2 Å². The van der Waals surface area contributed by atoms with Crippen LogP contribution in [0.4, 0.5) is 8.78 Å². The first-order chi connectivity index (χ1) is 12.0. The number of hydrogen-bond acceptors (Lipinski definition) is 3. The van der Waals surface area contributed by atoms with E-state index in [1.165, 1.54) is 43.9 Å². The molecule has 0 unspecified atom stereocenters. The van der Waals surface area contributed by atoms with Crippen LogP contribution in [0.3, 0.4) is 0 Å². The molecule has 0 heterocycles. The van der Waals surface area contributed by atoms with Gasteiger partial charge in [-0.25, -0.2) is 0 Å². The first kappa shape index (κ1) is 18.0. The molecule has 1 aromatic rings. The lowest BCUT2D eigenvalue weighted by Crippen LogP contribution is -2.40. The third-order valence-electron chi connectivity index (χ3n) is 5.52. The number of amides is 1. The topological polar surface area (TPSA) is 47.6 Å². The van der Waals surface area contributed by atoms with Crippen LogP contribution >= 0.6 is 0 Å². The molecule has 0 aliphatic heterocycles. The number of hydrogen-bond donors (Lipinski definition) is 1. The molecule has 2 aliphatic carbocycles. The summed E-state index contributed by atoms with van der Waals surface area (Å²) in [5, 5.41) is 3.07. The summed E-state index contributed by atoms with van der Waals surface area (Å²) in [6, 6.07) is 4.41. The van der Waals surface area contributed by atoms with E-state index in [0.717, 1.165) is 11.8 Å². The fourth-order valence-electron chi connectivity index (χ4n) is 4.41. The van der Waals surface area contributed by atoms with Crippen molar-refractivity contribution in [3.05, 3.63) is 23.8 Å². The van der Waals surface area contributed by atoms with Crippen LogP contribution in [0.15, 0.2) is 18.2 Å². The van der Waals surface area contributed by atoms with E-state index in [0.29, 0.717) is 18.1 Å². The SMILES string of the molecule is CCOc1cc(C(=O)N[C@@H](C)[C@H]2C[C@H]3CC[C@H]2C3)ccc1OC(F)F. The molecule has 0 radical (unpaired) electrons. The molecular formula is C19H25F2NO3. The van der Waals surface area contributed by atoms with Crippen molar-refractivity contribution < 1.29 is 23.0 Å². The first-order valence-electron chi connectivity index (χ1n) is 9.00. The molecule has 1 aromatic carbocycles. The lowest BCUT2D eigenvalue weighted by atomic mass is 9.84. The number of halogens is 2. The number of alkyl halides is 2. The van der Waals surface area contributed by atoms with Gasteiger partial charge in [0.15, 0.2) is 11.5 Å². The molecule has 2 saturated carbocycles. The van der Waals surface area contributed by atoms with E-state index in [1.54, 1.807) is 6.92 Å². The minimum atomic E-state index is -2.93. The Kier molecular flexibility index (Phi) is 5.45. The van der Waals surface area contributed by atoms with E-state index in [9.17, 15) is 13.6 Å². The van der Waals surface area contributed by atoms with Gasteiger partial charge in [0.2, 0.25) is 0 Å². The third-order valence-corrected chi connectivity index (χ3v) is 5.52. The fourth-order valence-corrected chi connectivity index (χ4v) is 4.41. The van der Waals surface area contributed by atoms with Crippen LogP contribution in [-0.2, 0) is 0 Å². The molecule has 0 spiro atoms. The second kappa shape index (κ2) is 7.58. The van der Waals surface area contributed by atoms with Gasteiger partial charge in [-0.05, 0) is 69.1 Å². The van der Waals surface area contributed by atoms with Gasteiger partial charge in [-0.1, -0.05) is 6.42 Å². The zero-order valence-corrected chi connectivity index (χ0v) is 14.6. The summed E-state index contributed by atoms with van der Waals surface area (Å²) in [7, 11) is 0. The normalized spacial score (nSPS) is 25.9. The van der Waals surface area contributed by atoms with E-state index in [1.807, 2.05) is 0 Å². The van der Waals surface area contributed by atoms with E-state index in [4.69, 9.17) is 4.74 Å². The quantitative estimate of drug-likeness (QED) is 0.797. The molecular weight excluding hydrogens is 328 g/mol. The standard InChI is InChI=1S/C19H25F2NO3/c1-3-24-17-10-14(6-7-16(17)25-19(20)21)18(23)22-11(2)15-9-12-4-5-13(15)8-12/h6-7,10-13,15,19H,3-5,8-9H2,1-2H3,(H,22,23)/t11-,12-,13-,15+/m0/s1. The highest BCUT2D eigenvalue weighted by atomic mass is 19.3. The number of ether oxygens (including phenoxy) is 2. The summed E-state index contributed by atoms with van der Waals surface area (Å²) in [5.41, 5.74) is 0.389. The van der Waals surface area contributed by atoms with Crippen molar-refractivity contribution >= 4 is 5.91 Å². The number of carbonyl (C=O) groups excluding carboxylic acids is 1. The molecule has 6 heteroatoms. The highest BCUT2D eigenvalue weighted by molar-refractivity contribution is 5.95. The van der Waals surface area contributed by atoms with Crippen molar-refractivity contribution in [3.63, 3.8) is 0 Å². The predicted octanol–water partition coefficient (Wildman–Crippen LogP) is 4.24. The van der Waals surface area contributed by atoms with Crippen LogP contribution in [0, 0.1) is 17.8 Å². The molecule has 4 atom stereocenters. The maximum absolute atomic E-state index is 12.6. The lowest BCUT2D eigenvalue weighted by molar-refractivity contribution is -0.0514. The van der Waals surface area contributed by atoms with Crippen LogP contribution in [0.2, 0.25) is 0 Å². The van der Waals surface area contributed by atoms with Gasteiger partial charge in [0.1, 0.15) is 0 Å². The molecule has 138 valence electrons. The highest BCUT2D eigenvalue weighted by Crippen LogP contribution is 2.49. The Balaban J connectivity index is 1.67. The highest BCUT2D eigenvalue weighted by Gasteiger charge is 2.42. The largest absolute Gasteiger partial charge is 0.490 e. The molecule has 0 saturated heterocycles. The van der Waals surface area contributed by atoms with E-state index in [-0.39, 0.29) is 23.4 Å². The van der Waals surface area contributed by atoms with Gasteiger partial charge >= 0.3 is 6.61 Å². The Bertz CT molecular complexity index is 623. The third kappa shape index (κ3) is 4.05. The smallest absolute Gasteiger partial charge is 0.387 e. The minimum Gasteiger partial charge on any atom is -0.490 e. The Labute approximate surface area is 146 Å². The van der Waals surface area contributed by atoms with Crippen LogP contribution in [0.1, 0.15) is 49.9 Å². The van der Waals surface area contributed by atoms with Crippen molar-refractivity contribution in [1.29, 1.82) is 0 Å². The Morgan fingerprint density at radius 1 is 1.28 bits per heavy atom. The van der Waals surface area contributed by atoms with Crippen molar-refractivity contribution in [2.24, 2.45) is 17.8 Å². The van der Waals surface area contributed by atoms with E-state index in [2.05, 4.69) is 17.0 Å². The zero-order chi connectivity index (χ0) is 18.0. The van der Waals surface area contributed by atoms with Gasteiger partial charge in [0.05, 0.1) is 6.61 Å². The summed E-state index contributed by atoms with van der Waals surface area (Å²) in [6.45, 7) is 1.17. The first-order valence-corrected chi connectivity index (χ1v) is 9.00. The predicted molar refractivity (Wildman–Crippen MR) is 90.1 cm³/mol.